The fourth-order valence-electron chi connectivity index (χ4n) is 1.45. The van der Waals surface area contributed by atoms with E-state index in [4.69, 9.17) is 22.1 Å². The number of pyridine rings is 1. The van der Waals surface area contributed by atoms with Gasteiger partial charge in [0.05, 0.1) is 0 Å². The van der Waals surface area contributed by atoms with Gasteiger partial charge in [-0.3, -0.25) is 4.98 Å². The Hall–Kier alpha value is -1.58. The SMILES string of the molecule is NCc1cnccc1OCc1ccc(Cl)cc1. The van der Waals surface area contributed by atoms with Gasteiger partial charge >= 0.3 is 0 Å². The molecule has 0 spiro atoms. The summed E-state index contributed by atoms with van der Waals surface area (Å²) >= 11 is 5.81. The summed E-state index contributed by atoms with van der Waals surface area (Å²) in [5, 5.41) is 0.723. The highest BCUT2D eigenvalue weighted by Gasteiger charge is 2.02. The van der Waals surface area contributed by atoms with Gasteiger partial charge in [-0.15, -0.1) is 0 Å². The van der Waals surface area contributed by atoms with Crippen LogP contribution >= 0.6 is 11.6 Å². The Balaban J connectivity index is 2.04. The third kappa shape index (κ3) is 3.19. The summed E-state index contributed by atoms with van der Waals surface area (Å²) in [5.74, 6) is 0.775. The Bertz CT molecular complexity index is 485. The molecule has 0 fully saturated rings. The van der Waals surface area contributed by atoms with E-state index < -0.39 is 0 Å². The summed E-state index contributed by atoms with van der Waals surface area (Å²) in [6.07, 6.45) is 3.41. The van der Waals surface area contributed by atoms with Crippen molar-refractivity contribution in [3.05, 3.63) is 58.9 Å². The van der Waals surface area contributed by atoms with Crippen LogP contribution in [0.3, 0.4) is 0 Å². The molecular weight excluding hydrogens is 236 g/mol. The molecule has 0 saturated carbocycles. The smallest absolute Gasteiger partial charge is 0.127 e. The molecule has 3 nitrogen and oxygen atoms in total. The van der Waals surface area contributed by atoms with Gasteiger partial charge in [-0.1, -0.05) is 23.7 Å². The fourth-order valence-corrected chi connectivity index (χ4v) is 1.58. The maximum Gasteiger partial charge on any atom is 0.127 e. The second kappa shape index (κ2) is 5.66. The molecule has 2 rings (SSSR count). The molecule has 0 unspecified atom stereocenters. The van der Waals surface area contributed by atoms with E-state index in [0.29, 0.717) is 13.2 Å². The lowest BCUT2D eigenvalue weighted by Crippen LogP contribution is -2.03. The second-order valence-corrected chi connectivity index (χ2v) is 4.04. The van der Waals surface area contributed by atoms with Crippen LogP contribution < -0.4 is 10.5 Å². The van der Waals surface area contributed by atoms with Crippen molar-refractivity contribution in [3.8, 4) is 5.75 Å². The van der Waals surface area contributed by atoms with Gasteiger partial charge in [-0.25, -0.2) is 0 Å². The Morgan fingerprint density at radius 2 is 1.94 bits per heavy atom. The van der Waals surface area contributed by atoms with Gasteiger partial charge in [0, 0.05) is 29.5 Å². The topological polar surface area (TPSA) is 48.1 Å². The first kappa shape index (κ1) is 11.9. The lowest BCUT2D eigenvalue weighted by atomic mass is 10.2. The zero-order valence-corrected chi connectivity index (χ0v) is 10.0. The van der Waals surface area contributed by atoms with Crippen molar-refractivity contribution in [2.24, 2.45) is 5.73 Å². The molecule has 1 aromatic carbocycles. The van der Waals surface area contributed by atoms with Gasteiger partial charge in [0.15, 0.2) is 0 Å². The summed E-state index contributed by atoms with van der Waals surface area (Å²) in [5.41, 5.74) is 7.57. The summed E-state index contributed by atoms with van der Waals surface area (Å²) in [7, 11) is 0. The van der Waals surface area contributed by atoms with Gasteiger partial charge in [0.2, 0.25) is 0 Å². The molecule has 0 radical (unpaired) electrons. The molecule has 2 aromatic rings. The zero-order chi connectivity index (χ0) is 12.1. The van der Waals surface area contributed by atoms with Crippen molar-refractivity contribution in [1.29, 1.82) is 0 Å². The highest BCUT2D eigenvalue weighted by molar-refractivity contribution is 6.30. The zero-order valence-electron chi connectivity index (χ0n) is 9.27. The number of benzene rings is 1. The first-order valence-electron chi connectivity index (χ1n) is 5.30. The number of rotatable bonds is 4. The summed E-state index contributed by atoms with van der Waals surface area (Å²) in [6, 6.07) is 9.38. The van der Waals surface area contributed by atoms with Crippen molar-refractivity contribution < 1.29 is 4.74 Å². The van der Waals surface area contributed by atoms with Crippen molar-refractivity contribution in [1.82, 2.24) is 4.98 Å². The van der Waals surface area contributed by atoms with E-state index in [0.717, 1.165) is 21.9 Å². The van der Waals surface area contributed by atoms with Crippen molar-refractivity contribution in [3.63, 3.8) is 0 Å². The Morgan fingerprint density at radius 3 is 2.65 bits per heavy atom. The number of hydrogen-bond donors (Lipinski definition) is 1. The molecule has 4 heteroatoms. The number of hydrogen-bond acceptors (Lipinski definition) is 3. The third-order valence-corrected chi connectivity index (χ3v) is 2.64. The highest BCUT2D eigenvalue weighted by Crippen LogP contribution is 2.18. The summed E-state index contributed by atoms with van der Waals surface area (Å²) < 4.78 is 5.69. The van der Waals surface area contributed by atoms with Crippen LogP contribution in [0.4, 0.5) is 0 Å². The molecule has 0 bridgehead atoms. The monoisotopic (exact) mass is 248 g/mol. The number of halogens is 1. The maximum absolute atomic E-state index is 5.81. The number of aromatic nitrogens is 1. The molecular formula is C13H13ClN2O. The molecule has 0 aliphatic rings. The lowest BCUT2D eigenvalue weighted by molar-refractivity contribution is 0.302. The molecule has 0 amide bonds. The second-order valence-electron chi connectivity index (χ2n) is 3.60. The van der Waals surface area contributed by atoms with E-state index in [1.165, 1.54) is 0 Å². The van der Waals surface area contributed by atoms with Crippen molar-refractivity contribution in [2.45, 2.75) is 13.2 Å². The fraction of sp³-hybridized carbons (Fsp3) is 0.154. The van der Waals surface area contributed by atoms with Crippen molar-refractivity contribution in [2.75, 3.05) is 0 Å². The third-order valence-electron chi connectivity index (χ3n) is 2.39. The standard InChI is InChI=1S/C13H13ClN2O/c14-12-3-1-10(2-4-12)9-17-13-5-6-16-8-11(13)7-15/h1-6,8H,7,9,15H2. The van der Waals surface area contributed by atoms with Crippen LogP contribution in [0.15, 0.2) is 42.7 Å². The van der Waals surface area contributed by atoms with E-state index in [1.54, 1.807) is 12.4 Å². The van der Waals surface area contributed by atoms with Gasteiger partial charge in [0.25, 0.3) is 0 Å². The molecule has 2 N–H and O–H groups in total. The maximum atomic E-state index is 5.81. The molecule has 0 aliphatic heterocycles. The van der Waals surface area contributed by atoms with Crippen LogP contribution in [0.5, 0.6) is 5.75 Å². The van der Waals surface area contributed by atoms with Gasteiger partial charge in [0.1, 0.15) is 12.4 Å². The van der Waals surface area contributed by atoms with Crippen LogP contribution in [0, 0.1) is 0 Å². The van der Waals surface area contributed by atoms with Crippen LogP contribution in [0.2, 0.25) is 5.02 Å². The van der Waals surface area contributed by atoms with E-state index in [1.807, 2.05) is 30.3 Å². The average Bonchev–Trinajstić information content (AvgIpc) is 2.38. The van der Waals surface area contributed by atoms with Gasteiger partial charge in [-0.05, 0) is 23.8 Å². The predicted octanol–water partition coefficient (Wildman–Crippen LogP) is 2.77. The highest BCUT2D eigenvalue weighted by atomic mass is 35.5. The first-order valence-corrected chi connectivity index (χ1v) is 5.67. The molecule has 0 aliphatic carbocycles. The molecule has 88 valence electrons. The summed E-state index contributed by atoms with van der Waals surface area (Å²) in [4.78, 5) is 4.01. The van der Waals surface area contributed by atoms with Gasteiger partial charge in [-0.2, -0.15) is 0 Å². The Morgan fingerprint density at radius 1 is 1.18 bits per heavy atom. The van der Waals surface area contributed by atoms with Crippen molar-refractivity contribution >= 4 is 11.6 Å². The molecule has 17 heavy (non-hydrogen) atoms. The van der Waals surface area contributed by atoms with E-state index in [-0.39, 0.29) is 0 Å². The quantitative estimate of drug-likeness (QED) is 0.905. The normalized spacial score (nSPS) is 10.2. The first-order chi connectivity index (χ1) is 8.29. The van der Waals surface area contributed by atoms with E-state index >= 15 is 0 Å². The minimum absolute atomic E-state index is 0.420. The number of nitrogens with two attached hydrogens (primary N) is 1. The van der Waals surface area contributed by atoms with E-state index in [9.17, 15) is 0 Å². The van der Waals surface area contributed by atoms with Gasteiger partial charge < -0.3 is 10.5 Å². The summed E-state index contributed by atoms with van der Waals surface area (Å²) in [6.45, 7) is 0.915. The molecule has 1 aromatic heterocycles. The molecule has 0 saturated heterocycles. The number of nitrogens with zero attached hydrogens (tertiary/aromatic N) is 1. The van der Waals surface area contributed by atoms with E-state index in [2.05, 4.69) is 4.98 Å². The van der Waals surface area contributed by atoms with Crippen LogP contribution in [0.25, 0.3) is 0 Å². The Kier molecular flexibility index (Phi) is 3.96. The van der Waals surface area contributed by atoms with Crippen LogP contribution in [-0.4, -0.2) is 4.98 Å². The van der Waals surface area contributed by atoms with Crippen LogP contribution in [-0.2, 0) is 13.2 Å². The molecule has 0 atom stereocenters. The minimum atomic E-state index is 0.420. The largest absolute Gasteiger partial charge is 0.488 e. The average molecular weight is 249 g/mol. The number of ether oxygens (including phenoxy) is 1. The predicted molar refractivity (Wildman–Crippen MR) is 67.9 cm³/mol. The minimum Gasteiger partial charge on any atom is -0.488 e. The molecule has 1 heterocycles. The van der Waals surface area contributed by atoms with Crippen LogP contribution in [0.1, 0.15) is 11.1 Å². The Labute approximate surface area is 105 Å². The lowest BCUT2D eigenvalue weighted by Gasteiger charge is -2.09.